The van der Waals surface area contributed by atoms with Crippen LogP contribution in [-0.4, -0.2) is 16.5 Å². The zero-order valence-electron chi connectivity index (χ0n) is 11.1. The minimum absolute atomic E-state index is 0.199. The molecule has 1 heterocycles. The van der Waals surface area contributed by atoms with Crippen molar-refractivity contribution in [1.29, 1.82) is 0 Å². The van der Waals surface area contributed by atoms with Crippen LogP contribution in [0.1, 0.15) is 18.9 Å². The van der Waals surface area contributed by atoms with Crippen LogP contribution in [-0.2, 0) is 6.54 Å². The first-order valence-electron chi connectivity index (χ1n) is 6.41. The lowest BCUT2D eigenvalue weighted by Crippen LogP contribution is -2.14. The van der Waals surface area contributed by atoms with E-state index in [4.69, 9.17) is 0 Å². The number of rotatable bonds is 6. The largest absolute Gasteiger partial charge is 0.313 e. The van der Waals surface area contributed by atoms with Crippen molar-refractivity contribution in [3.8, 4) is 0 Å². The molecule has 0 saturated carbocycles. The first kappa shape index (κ1) is 14.7. The van der Waals surface area contributed by atoms with Crippen molar-refractivity contribution in [1.82, 2.24) is 15.3 Å². The number of nitrogens with zero attached hydrogens (tertiary/aromatic N) is 1. The zero-order valence-corrected chi connectivity index (χ0v) is 12.0. The minimum atomic E-state index is -0.267. The van der Waals surface area contributed by atoms with Crippen LogP contribution in [0.2, 0.25) is 0 Å². The lowest BCUT2D eigenvalue weighted by Gasteiger charge is -2.09. The molecular weight excluding hydrogens is 277 g/mol. The summed E-state index contributed by atoms with van der Waals surface area (Å²) in [5, 5.41) is 3.74. The third-order valence-corrected chi connectivity index (χ3v) is 3.64. The van der Waals surface area contributed by atoms with Gasteiger partial charge in [0, 0.05) is 23.7 Å². The minimum Gasteiger partial charge on any atom is -0.313 e. The SMILES string of the molecule is CCCNCc1cc(F)ccc1Sc1nccc(=O)[nH]1. The van der Waals surface area contributed by atoms with Crippen LogP contribution in [0.4, 0.5) is 4.39 Å². The van der Waals surface area contributed by atoms with Gasteiger partial charge in [0.05, 0.1) is 0 Å². The fraction of sp³-hybridized carbons (Fsp3) is 0.286. The van der Waals surface area contributed by atoms with Gasteiger partial charge in [0.15, 0.2) is 5.16 Å². The summed E-state index contributed by atoms with van der Waals surface area (Å²) in [5.74, 6) is -0.267. The Balaban J connectivity index is 2.19. The Morgan fingerprint density at radius 2 is 2.25 bits per heavy atom. The molecule has 106 valence electrons. The summed E-state index contributed by atoms with van der Waals surface area (Å²) in [6, 6.07) is 5.98. The molecule has 0 fully saturated rings. The first-order valence-corrected chi connectivity index (χ1v) is 7.23. The van der Waals surface area contributed by atoms with Crippen LogP contribution in [0.5, 0.6) is 0 Å². The van der Waals surface area contributed by atoms with Gasteiger partial charge in [0.1, 0.15) is 5.82 Å². The van der Waals surface area contributed by atoms with Gasteiger partial charge in [0.2, 0.25) is 0 Å². The Hall–Kier alpha value is -1.66. The maximum Gasteiger partial charge on any atom is 0.251 e. The Bertz CT molecular complexity index is 630. The standard InChI is InChI=1S/C14H16FN3OS/c1-2-6-16-9-10-8-11(15)3-4-12(10)20-14-17-7-5-13(19)18-14/h3-5,7-8,16H,2,6,9H2,1H3,(H,17,18,19). The maximum absolute atomic E-state index is 13.3. The van der Waals surface area contributed by atoms with E-state index < -0.39 is 0 Å². The average Bonchev–Trinajstić information content (AvgIpc) is 2.42. The average molecular weight is 293 g/mol. The van der Waals surface area contributed by atoms with Crippen LogP contribution >= 0.6 is 11.8 Å². The van der Waals surface area contributed by atoms with E-state index in [1.807, 2.05) is 0 Å². The van der Waals surface area contributed by atoms with Gasteiger partial charge >= 0.3 is 0 Å². The number of aromatic amines is 1. The van der Waals surface area contributed by atoms with Gasteiger partial charge in [0.25, 0.3) is 5.56 Å². The second-order valence-corrected chi connectivity index (χ2v) is 5.30. The van der Waals surface area contributed by atoms with Crippen molar-refractivity contribution < 1.29 is 4.39 Å². The van der Waals surface area contributed by atoms with Crippen LogP contribution < -0.4 is 10.9 Å². The smallest absolute Gasteiger partial charge is 0.251 e. The number of aromatic nitrogens is 2. The summed E-state index contributed by atoms with van der Waals surface area (Å²) in [5.41, 5.74) is 0.658. The lowest BCUT2D eigenvalue weighted by atomic mass is 10.2. The van der Waals surface area contributed by atoms with Gasteiger partial charge in [-0.15, -0.1) is 0 Å². The predicted octanol–water partition coefficient (Wildman–Crippen LogP) is 2.56. The Morgan fingerprint density at radius 3 is 3.00 bits per heavy atom. The summed E-state index contributed by atoms with van der Waals surface area (Å²) in [6.07, 6.45) is 2.48. The Labute approximate surface area is 120 Å². The van der Waals surface area contributed by atoms with E-state index in [9.17, 15) is 9.18 Å². The van der Waals surface area contributed by atoms with E-state index in [1.165, 1.54) is 36.2 Å². The second-order valence-electron chi connectivity index (χ2n) is 4.27. The molecule has 0 aliphatic rings. The number of hydrogen-bond donors (Lipinski definition) is 2. The summed E-state index contributed by atoms with van der Waals surface area (Å²) in [6.45, 7) is 3.54. The van der Waals surface area contributed by atoms with Gasteiger partial charge in [-0.2, -0.15) is 0 Å². The molecule has 6 heteroatoms. The van der Waals surface area contributed by atoms with E-state index in [0.29, 0.717) is 11.7 Å². The van der Waals surface area contributed by atoms with Gasteiger partial charge < -0.3 is 10.3 Å². The maximum atomic E-state index is 13.3. The van der Waals surface area contributed by atoms with E-state index >= 15 is 0 Å². The molecular formula is C14H16FN3OS. The predicted molar refractivity (Wildman–Crippen MR) is 77.4 cm³/mol. The molecule has 1 aromatic carbocycles. The molecule has 0 bridgehead atoms. The summed E-state index contributed by atoms with van der Waals surface area (Å²) in [4.78, 5) is 18.9. The molecule has 2 rings (SSSR count). The number of nitrogens with one attached hydrogen (secondary N) is 2. The highest BCUT2D eigenvalue weighted by Crippen LogP contribution is 2.27. The highest BCUT2D eigenvalue weighted by Gasteiger charge is 2.07. The highest BCUT2D eigenvalue weighted by molar-refractivity contribution is 7.99. The monoisotopic (exact) mass is 293 g/mol. The van der Waals surface area contributed by atoms with E-state index in [2.05, 4.69) is 22.2 Å². The normalized spacial score (nSPS) is 10.7. The molecule has 1 aromatic heterocycles. The number of benzene rings is 1. The molecule has 0 atom stereocenters. The fourth-order valence-electron chi connectivity index (χ4n) is 1.69. The molecule has 0 spiro atoms. The van der Waals surface area contributed by atoms with Crippen molar-refractivity contribution >= 4 is 11.8 Å². The van der Waals surface area contributed by atoms with Crippen LogP contribution in [0.3, 0.4) is 0 Å². The van der Waals surface area contributed by atoms with Gasteiger partial charge in [-0.1, -0.05) is 18.7 Å². The molecule has 20 heavy (non-hydrogen) atoms. The van der Waals surface area contributed by atoms with Gasteiger partial charge in [-0.05, 0) is 36.7 Å². The van der Waals surface area contributed by atoms with Crippen LogP contribution in [0.25, 0.3) is 0 Å². The Morgan fingerprint density at radius 1 is 1.40 bits per heavy atom. The number of hydrogen-bond acceptors (Lipinski definition) is 4. The van der Waals surface area contributed by atoms with Crippen LogP contribution in [0.15, 0.2) is 45.3 Å². The topological polar surface area (TPSA) is 57.8 Å². The van der Waals surface area contributed by atoms with Crippen molar-refractivity contribution in [3.05, 3.63) is 52.2 Å². The van der Waals surface area contributed by atoms with Gasteiger partial charge in [-0.25, -0.2) is 9.37 Å². The lowest BCUT2D eigenvalue weighted by molar-refractivity contribution is 0.615. The molecule has 0 unspecified atom stereocenters. The van der Waals surface area contributed by atoms with Crippen molar-refractivity contribution in [3.63, 3.8) is 0 Å². The molecule has 0 saturated heterocycles. The first-order chi connectivity index (χ1) is 9.69. The number of halogens is 1. The third-order valence-electron chi connectivity index (χ3n) is 2.62. The quantitative estimate of drug-likeness (QED) is 0.635. The van der Waals surface area contributed by atoms with E-state index in [0.717, 1.165) is 23.4 Å². The molecule has 4 nitrogen and oxygen atoms in total. The fourth-order valence-corrected chi connectivity index (χ4v) is 2.57. The molecule has 0 amide bonds. The third kappa shape index (κ3) is 4.18. The molecule has 0 radical (unpaired) electrons. The van der Waals surface area contributed by atoms with Crippen molar-refractivity contribution in [2.24, 2.45) is 0 Å². The summed E-state index contributed by atoms with van der Waals surface area (Å²) >= 11 is 1.32. The molecule has 2 aromatic rings. The molecule has 0 aliphatic carbocycles. The molecule has 2 N–H and O–H groups in total. The zero-order chi connectivity index (χ0) is 14.4. The summed E-state index contributed by atoms with van der Waals surface area (Å²) in [7, 11) is 0. The highest BCUT2D eigenvalue weighted by atomic mass is 32.2. The van der Waals surface area contributed by atoms with Crippen LogP contribution in [0, 0.1) is 5.82 Å². The van der Waals surface area contributed by atoms with Gasteiger partial charge in [-0.3, -0.25) is 4.79 Å². The number of H-pyrrole nitrogens is 1. The summed E-state index contributed by atoms with van der Waals surface area (Å²) < 4.78 is 13.3. The molecule has 0 aliphatic heterocycles. The van der Waals surface area contributed by atoms with Crippen molar-refractivity contribution in [2.75, 3.05) is 6.54 Å². The van der Waals surface area contributed by atoms with Crippen molar-refractivity contribution in [2.45, 2.75) is 29.9 Å². The van der Waals surface area contributed by atoms with E-state index in [1.54, 1.807) is 6.07 Å². The Kier molecular flexibility index (Phi) is 5.31. The van der Waals surface area contributed by atoms with E-state index in [-0.39, 0.29) is 11.4 Å². The second kappa shape index (κ2) is 7.21.